The highest BCUT2D eigenvalue weighted by Gasteiger charge is 2.14. The van der Waals surface area contributed by atoms with Gasteiger partial charge in [0.05, 0.1) is 0 Å². The number of benzene rings is 2. The van der Waals surface area contributed by atoms with Crippen LogP contribution in [0, 0.1) is 6.92 Å². The molecule has 0 aromatic heterocycles. The minimum atomic E-state index is 0.298. The summed E-state index contributed by atoms with van der Waals surface area (Å²) >= 11 is 6.36. The lowest BCUT2D eigenvalue weighted by Crippen LogP contribution is -2.20. The Morgan fingerprint density at radius 1 is 1.10 bits per heavy atom. The van der Waals surface area contributed by atoms with Crippen LogP contribution in [-0.4, -0.2) is 7.05 Å². The molecule has 0 saturated carbocycles. The van der Waals surface area contributed by atoms with E-state index in [-0.39, 0.29) is 0 Å². The zero-order valence-corrected chi connectivity index (χ0v) is 13.2. The third-order valence-electron chi connectivity index (χ3n) is 3.79. The molecule has 0 radical (unpaired) electrons. The second-order valence-electron chi connectivity index (χ2n) is 5.19. The second kappa shape index (κ2) is 6.92. The number of nitrogens with one attached hydrogen (secondary N) is 1. The number of hydrogen-bond acceptors (Lipinski definition) is 1. The lowest BCUT2D eigenvalue weighted by Gasteiger charge is -2.20. The summed E-state index contributed by atoms with van der Waals surface area (Å²) in [5.74, 6) is 0. The summed E-state index contributed by atoms with van der Waals surface area (Å²) in [6, 6.07) is 15.2. The van der Waals surface area contributed by atoms with E-state index < -0.39 is 0 Å². The van der Waals surface area contributed by atoms with Crippen LogP contribution in [0.1, 0.15) is 35.2 Å². The van der Waals surface area contributed by atoms with E-state index in [4.69, 9.17) is 11.6 Å². The van der Waals surface area contributed by atoms with Crippen molar-refractivity contribution in [2.24, 2.45) is 0 Å². The third-order valence-corrected chi connectivity index (χ3v) is 4.14. The summed E-state index contributed by atoms with van der Waals surface area (Å²) < 4.78 is 0. The van der Waals surface area contributed by atoms with Gasteiger partial charge in [-0.1, -0.05) is 54.9 Å². The van der Waals surface area contributed by atoms with Crippen LogP contribution in [0.5, 0.6) is 0 Å². The minimum Gasteiger partial charge on any atom is -0.313 e. The molecular formula is C18H22ClN. The van der Waals surface area contributed by atoms with Crippen LogP contribution in [0.3, 0.4) is 0 Å². The van der Waals surface area contributed by atoms with Crippen molar-refractivity contribution in [3.8, 4) is 0 Å². The molecule has 0 spiro atoms. The second-order valence-corrected chi connectivity index (χ2v) is 5.60. The minimum absolute atomic E-state index is 0.298. The van der Waals surface area contributed by atoms with Crippen LogP contribution in [-0.2, 0) is 12.8 Å². The monoisotopic (exact) mass is 287 g/mol. The van der Waals surface area contributed by atoms with Gasteiger partial charge in [-0.05, 0) is 55.1 Å². The number of halogens is 1. The molecule has 0 bridgehead atoms. The molecule has 0 amide bonds. The van der Waals surface area contributed by atoms with E-state index in [2.05, 4.69) is 55.6 Å². The molecule has 2 rings (SSSR count). The van der Waals surface area contributed by atoms with E-state index in [0.717, 1.165) is 17.9 Å². The topological polar surface area (TPSA) is 12.0 Å². The summed E-state index contributed by atoms with van der Waals surface area (Å²) in [4.78, 5) is 0. The Morgan fingerprint density at radius 2 is 1.85 bits per heavy atom. The fourth-order valence-corrected chi connectivity index (χ4v) is 2.91. The maximum Gasteiger partial charge on any atom is 0.0441 e. The van der Waals surface area contributed by atoms with Gasteiger partial charge in [-0.15, -0.1) is 0 Å². The fourth-order valence-electron chi connectivity index (χ4n) is 2.60. The van der Waals surface area contributed by atoms with Gasteiger partial charge in [-0.3, -0.25) is 0 Å². The van der Waals surface area contributed by atoms with Crippen LogP contribution < -0.4 is 5.32 Å². The third kappa shape index (κ3) is 3.41. The maximum absolute atomic E-state index is 6.36. The lowest BCUT2D eigenvalue weighted by atomic mass is 9.93. The number of aryl methyl sites for hydroxylation is 2. The Morgan fingerprint density at radius 3 is 2.50 bits per heavy atom. The van der Waals surface area contributed by atoms with Gasteiger partial charge in [0.1, 0.15) is 0 Å². The molecule has 1 N–H and O–H groups in total. The molecule has 0 aliphatic rings. The van der Waals surface area contributed by atoms with Crippen LogP contribution in [0.2, 0.25) is 5.02 Å². The molecule has 1 nitrogen and oxygen atoms in total. The van der Waals surface area contributed by atoms with Gasteiger partial charge < -0.3 is 5.32 Å². The molecule has 106 valence electrons. The van der Waals surface area contributed by atoms with E-state index in [1.165, 1.54) is 22.3 Å². The van der Waals surface area contributed by atoms with E-state index >= 15 is 0 Å². The van der Waals surface area contributed by atoms with Gasteiger partial charge in [0.2, 0.25) is 0 Å². The summed E-state index contributed by atoms with van der Waals surface area (Å²) in [6.07, 6.45) is 1.96. The number of hydrogen-bond donors (Lipinski definition) is 1. The van der Waals surface area contributed by atoms with Crippen molar-refractivity contribution in [2.45, 2.75) is 32.7 Å². The average molecular weight is 288 g/mol. The van der Waals surface area contributed by atoms with Gasteiger partial charge >= 0.3 is 0 Å². The van der Waals surface area contributed by atoms with Crippen molar-refractivity contribution < 1.29 is 0 Å². The van der Waals surface area contributed by atoms with Crippen LogP contribution in [0.15, 0.2) is 42.5 Å². The van der Waals surface area contributed by atoms with Crippen LogP contribution >= 0.6 is 11.6 Å². The molecule has 0 aliphatic heterocycles. The maximum atomic E-state index is 6.36. The summed E-state index contributed by atoms with van der Waals surface area (Å²) in [7, 11) is 2.01. The normalized spacial score (nSPS) is 12.4. The first-order chi connectivity index (χ1) is 9.65. The highest BCUT2D eigenvalue weighted by molar-refractivity contribution is 6.31. The van der Waals surface area contributed by atoms with Crippen molar-refractivity contribution in [3.63, 3.8) is 0 Å². The highest BCUT2D eigenvalue weighted by atomic mass is 35.5. The van der Waals surface area contributed by atoms with E-state index in [1.807, 2.05) is 13.1 Å². The first kappa shape index (κ1) is 15.1. The molecule has 0 aliphatic carbocycles. The van der Waals surface area contributed by atoms with Gasteiger partial charge in [-0.25, -0.2) is 0 Å². The summed E-state index contributed by atoms with van der Waals surface area (Å²) in [6.45, 7) is 4.27. The molecule has 2 aromatic carbocycles. The molecular weight excluding hydrogens is 266 g/mol. The van der Waals surface area contributed by atoms with Gasteiger partial charge in [-0.2, -0.15) is 0 Å². The largest absolute Gasteiger partial charge is 0.313 e. The lowest BCUT2D eigenvalue weighted by molar-refractivity contribution is 0.587. The Kier molecular flexibility index (Phi) is 5.22. The van der Waals surface area contributed by atoms with Gasteiger partial charge in [0, 0.05) is 11.1 Å². The van der Waals surface area contributed by atoms with Crippen molar-refractivity contribution in [1.82, 2.24) is 5.32 Å². The van der Waals surface area contributed by atoms with E-state index in [9.17, 15) is 0 Å². The zero-order chi connectivity index (χ0) is 14.5. The number of likely N-dealkylation sites (N-methyl/N-ethyl adjacent to an activating group) is 1. The van der Waals surface area contributed by atoms with E-state index in [1.54, 1.807) is 0 Å². The van der Waals surface area contributed by atoms with E-state index in [0.29, 0.717) is 6.04 Å². The highest BCUT2D eigenvalue weighted by Crippen LogP contribution is 2.26. The van der Waals surface area contributed by atoms with Gasteiger partial charge in [0.25, 0.3) is 0 Å². The van der Waals surface area contributed by atoms with Crippen molar-refractivity contribution in [2.75, 3.05) is 7.05 Å². The Hall–Kier alpha value is -1.31. The van der Waals surface area contributed by atoms with Gasteiger partial charge in [0.15, 0.2) is 0 Å². The molecule has 2 aromatic rings. The predicted molar refractivity (Wildman–Crippen MR) is 87.5 cm³/mol. The first-order valence-electron chi connectivity index (χ1n) is 7.15. The van der Waals surface area contributed by atoms with Crippen molar-refractivity contribution in [3.05, 3.63) is 69.7 Å². The molecule has 0 heterocycles. The zero-order valence-electron chi connectivity index (χ0n) is 12.4. The first-order valence-corrected chi connectivity index (χ1v) is 7.53. The molecule has 2 heteroatoms. The summed E-state index contributed by atoms with van der Waals surface area (Å²) in [5, 5.41) is 4.29. The molecule has 1 unspecified atom stereocenters. The van der Waals surface area contributed by atoms with Crippen molar-refractivity contribution >= 4 is 11.6 Å². The number of rotatable bonds is 5. The average Bonchev–Trinajstić information content (AvgIpc) is 2.46. The summed E-state index contributed by atoms with van der Waals surface area (Å²) in [5.41, 5.74) is 5.17. The Bertz CT molecular complexity index is 577. The molecule has 0 saturated heterocycles. The predicted octanol–water partition coefficient (Wildman–Crippen LogP) is 4.71. The Balaban J connectivity index is 2.29. The molecule has 0 fully saturated rings. The standard InChI is InChI=1S/C18H22ClN/c1-4-14-7-5-6-8-16(14)18(20-3)12-15-10-9-13(2)11-17(15)19/h5-11,18,20H,4,12H2,1-3H3. The molecule has 20 heavy (non-hydrogen) atoms. The van der Waals surface area contributed by atoms with Crippen molar-refractivity contribution in [1.29, 1.82) is 0 Å². The Labute approximate surface area is 127 Å². The smallest absolute Gasteiger partial charge is 0.0441 e. The van der Waals surface area contributed by atoms with Crippen LogP contribution in [0.4, 0.5) is 0 Å². The quantitative estimate of drug-likeness (QED) is 0.839. The SMILES string of the molecule is CCc1ccccc1C(Cc1ccc(C)cc1Cl)NC. The molecule has 1 atom stereocenters. The fraction of sp³-hybridized carbons (Fsp3) is 0.333. The van der Waals surface area contributed by atoms with Crippen LogP contribution in [0.25, 0.3) is 0 Å².